The number of epoxide rings is 1. The lowest BCUT2D eigenvalue weighted by molar-refractivity contribution is 0.290. The summed E-state index contributed by atoms with van der Waals surface area (Å²) in [5.41, 5.74) is 0. The van der Waals surface area contributed by atoms with E-state index in [2.05, 4.69) is 25.9 Å². The fourth-order valence-electron chi connectivity index (χ4n) is 3.85. The molecule has 0 radical (unpaired) electrons. The Kier molecular flexibility index (Phi) is 14.8. The van der Waals surface area contributed by atoms with Gasteiger partial charge in [0.1, 0.15) is 0 Å². The fraction of sp³-hybridized carbons (Fsp3) is 1.00. The molecule has 0 spiro atoms. The fourth-order valence-corrected chi connectivity index (χ4v) is 3.85. The van der Waals surface area contributed by atoms with Gasteiger partial charge >= 0.3 is 0 Å². The normalized spacial score (nSPS) is 18.0. The van der Waals surface area contributed by atoms with Gasteiger partial charge in [0.2, 0.25) is 0 Å². The predicted molar refractivity (Wildman–Crippen MR) is 111 cm³/mol. The van der Waals surface area contributed by atoms with Crippen molar-refractivity contribution in [1.29, 1.82) is 0 Å². The minimum absolute atomic E-state index is 0.606. The summed E-state index contributed by atoms with van der Waals surface area (Å²) in [4.78, 5) is 2.32. The number of rotatable bonds is 19. The molecular weight excluding hydrogens is 306 g/mol. The zero-order chi connectivity index (χ0) is 18.2. The minimum atomic E-state index is 0.606. The molecule has 1 aliphatic rings. The van der Waals surface area contributed by atoms with E-state index in [0.29, 0.717) is 6.10 Å². The molecule has 0 aromatic heterocycles. The van der Waals surface area contributed by atoms with Gasteiger partial charge in [0.05, 0.1) is 12.7 Å². The Morgan fingerprint density at radius 3 is 1.68 bits per heavy atom. The third-order valence-corrected chi connectivity index (χ3v) is 5.70. The summed E-state index contributed by atoms with van der Waals surface area (Å²) in [7, 11) is 4.38. The Morgan fingerprint density at radius 2 is 1.24 bits per heavy atom. The number of unbranched alkanes of at least 4 members (excludes halogenated alkanes) is 12. The highest BCUT2D eigenvalue weighted by atomic mass is 16.6. The zero-order valence-electron chi connectivity index (χ0n) is 17.7. The molecule has 1 aliphatic heterocycles. The lowest BCUT2D eigenvalue weighted by Crippen LogP contribution is -2.17. The van der Waals surface area contributed by atoms with Crippen LogP contribution < -0.4 is 0 Å². The van der Waals surface area contributed by atoms with Crippen molar-refractivity contribution in [2.24, 2.45) is 5.92 Å². The van der Waals surface area contributed by atoms with Gasteiger partial charge in [-0.25, -0.2) is 0 Å². The molecule has 25 heavy (non-hydrogen) atoms. The van der Waals surface area contributed by atoms with Gasteiger partial charge in [-0.15, -0.1) is 0 Å². The van der Waals surface area contributed by atoms with E-state index in [9.17, 15) is 0 Å². The van der Waals surface area contributed by atoms with Gasteiger partial charge in [-0.05, 0) is 39.4 Å². The first-order chi connectivity index (χ1) is 12.2. The Morgan fingerprint density at radius 1 is 0.760 bits per heavy atom. The van der Waals surface area contributed by atoms with Gasteiger partial charge in [0.25, 0.3) is 0 Å². The van der Waals surface area contributed by atoms with Gasteiger partial charge in [0, 0.05) is 0 Å². The van der Waals surface area contributed by atoms with Crippen LogP contribution in [0.5, 0.6) is 0 Å². The van der Waals surface area contributed by atoms with E-state index in [1.54, 1.807) is 0 Å². The number of hydrogen-bond donors (Lipinski definition) is 0. The van der Waals surface area contributed by atoms with E-state index in [4.69, 9.17) is 4.74 Å². The molecule has 0 bridgehead atoms. The Bertz CT molecular complexity index is 275. The maximum absolute atomic E-state index is 5.45. The first-order valence-corrected chi connectivity index (χ1v) is 11.5. The summed E-state index contributed by atoms with van der Waals surface area (Å²) >= 11 is 0. The Hall–Kier alpha value is -0.0800. The molecule has 1 heterocycles. The number of hydrogen-bond acceptors (Lipinski definition) is 2. The lowest BCUT2D eigenvalue weighted by atomic mass is 9.92. The monoisotopic (exact) mass is 353 g/mol. The highest BCUT2D eigenvalue weighted by Gasteiger charge is 2.26. The quantitative estimate of drug-likeness (QED) is 0.187. The van der Waals surface area contributed by atoms with Crippen LogP contribution in [0.3, 0.4) is 0 Å². The van der Waals surface area contributed by atoms with E-state index < -0.39 is 0 Å². The summed E-state index contributed by atoms with van der Waals surface area (Å²) < 4.78 is 5.45. The molecular formula is C23H47NO. The summed E-state index contributed by atoms with van der Waals surface area (Å²) in [6.07, 6.45) is 23.6. The third kappa shape index (κ3) is 15.9. The van der Waals surface area contributed by atoms with E-state index in [1.165, 1.54) is 109 Å². The van der Waals surface area contributed by atoms with Crippen molar-refractivity contribution in [3.05, 3.63) is 0 Å². The second-order valence-electron chi connectivity index (χ2n) is 8.68. The Labute approximate surface area is 159 Å². The van der Waals surface area contributed by atoms with E-state index in [-0.39, 0.29) is 0 Å². The van der Waals surface area contributed by atoms with Crippen LogP contribution in [0, 0.1) is 5.92 Å². The van der Waals surface area contributed by atoms with Crippen LogP contribution in [0.1, 0.15) is 110 Å². The van der Waals surface area contributed by atoms with Crippen LogP contribution in [0.15, 0.2) is 0 Å². The largest absolute Gasteiger partial charge is 0.373 e. The van der Waals surface area contributed by atoms with Crippen molar-refractivity contribution in [3.63, 3.8) is 0 Å². The zero-order valence-corrected chi connectivity index (χ0v) is 17.7. The van der Waals surface area contributed by atoms with Crippen molar-refractivity contribution >= 4 is 0 Å². The molecule has 1 fully saturated rings. The molecule has 150 valence electrons. The molecule has 0 saturated carbocycles. The van der Waals surface area contributed by atoms with Crippen LogP contribution in [0.2, 0.25) is 0 Å². The van der Waals surface area contributed by atoms with Gasteiger partial charge < -0.3 is 9.64 Å². The van der Waals surface area contributed by atoms with Crippen molar-refractivity contribution in [1.82, 2.24) is 4.90 Å². The summed E-state index contributed by atoms with van der Waals surface area (Å²) in [5.74, 6) is 0.891. The van der Waals surface area contributed by atoms with Gasteiger partial charge in [-0.2, -0.15) is 0 Å². The molecule has 2 heteroatoms. The van der Waals surface area contributed by atoms with Crippen LogP contribution in [-0.4, -0.2) is 38.3 Å². The van der Waals surface area contributed by atoms with Gasteiger partial charge in [0.15, 0.2) is 0 Å². The second-order valence-corrected chi connectivity index (χ2v) is 8.68. The average Bonchev–Trinajstić information content (AvgIpc) is 3.40. The summed E-state index contributed by atoms with van der Waals surface area (Å²) in [5, 5.41) is 0. The van der Waals surface area contributed by atoms with Crippen LogP contribution in [-0.2, 0) is 4.74 Å². The Balaban J connectivity index is 1.84. The van der Waals surface area contributed by atoms with Crippen LogP contribution >= 0.6 is 0 Å². The average molecular weight is 354 g/mol. The molecule has 0 aromatic carbocycles. The lowest BCUT2D eigenvalue weighted by Gasteiger charge is -2.18. The number of nitrogens with zero attached hydrogens (tertiary/aromatic N) is 1. The highest BCUT2D eigenvalue weighted by molar-refractivity contribution is 4.75. The standard InChI is InChI=1S/C23H47NO/c1-4-5-6-7-8-9-10-11-12-13-14-15-16-17-22(18-19-24(2)3)20-23-21-25-23/h22-23H,4-21H2,1-3H3. The molecule has 1 rings (SSSR count). The van der Waals surface area contributed by atoms with Crippen molar-refractivity contribution in [2.45, 2.75) is 116 Å². The van der Waals surface area contributed by atoms with Crippen molar-refractivity contribution in [3.8, 4) is 0 Å². The maximum atomic E-state index is 5.45. The summed E-state index contributed by atoms with van der Waals surface area (Å²) in [6, 6.07) is 0. The second kappa shape index (κ2) is 16.1. The smallest absolute Gasteiger partial charge is 0.0812 e. The van der Waals surface area contributed by atoms with E-state index in [0.717, 1.165) is 12.5 Å². The molecule has 0 aliphatic carbocycles. The minimum Gasteiger partial charge on any atom is -0.373 e. The third-order valence-electron chi connectivity index (χ3n) is 5.70. The van der Waals surface area contributed by atoms with Gasteiger partial charge in [-0.3, -0.25) is 0 Å². The molecule has 2 nitrogen and oxygen atoms in total. The molecule has 1 saturated heterocycles. The first kappa shape index (κ1) is 23.0. The van der Waals surface area contributed by atoms with E-state index in [1.807, 2.05) is 0 Å². The van der Waals surface area contributed by atoms with Crippen molar-refractivity contribution in [2.75, 3.05) is 27.2 Å². The first-order valence-electron chi connectivity index (χ1n) is 11.5. The highest BCUT2D eigenvalue weighted by Crippen LogP contribution is 2.26. The molecule has 0 N–H and O–H groups in total. The van der Waals surface area contributed by atoms with E-state index >= 15 is 0 Å². The molecule has 2 atom stereocenters. The van der Waals surface area contributed by atoms with Crippen LogP contribution in [0.25, 0.3) is 0 Å². The molecule has 0 amide bonds. The predicted octanol–water partition coefficient (Wildman–Crippen LogP) is 6.82. The van der Waals surface area contributed by atoms with Gasteiger partial charge in [-0.1, -0.05) is 96.8 Å². The summed E-state index contributed by atoms with van der Waals surface area (Å²) in [6.45, 7) is 4.55. The molecule has 2 unspecified atom stereocenters. The van der Waals surface area contributed by atoms with Crippen molar-refractivity contribution < 1.29 is 4.74 Å². The topological polar surface area (TPSA) is 15.8 Å². The maximum Gasteiger partial charge on any atom is 0.0812 e. The SMILES string of the molecule is CCCCCCCCCCCCCCCC(CCN(C)C)CC1CO1. The van der Waals surface area contributed by atoms with Crippen LogP contribution in [0.4, 0.5) is 0 Å². The molecule has 0 aromatic rings. The number of ether oxygens (including phenoxy) is 1.